The Morgan fingerprint density at radius 3 is 2.35 bits per heavy atom. The molecule has 0 aromatic heterocycles. The molecule has 1 heterocycles. The molecule has 20 heavy (non-hydrogen) atoms. The number of carbonyl (C=O) groups is 1. The third-order valence-electron chi connectivity index (χ3n) is 3.75. The van der Waals surface area contributed by atoms with Gasteiger partial charge in [0.25, 0.3) is 0 Å². The zero-order valence-electron chi connectivity index (χ0n) is 12.9. The maximum absolute atomic E-state index is 12.1. The normalized spacial score (nSPS) is 17.1. The van der Waals surface area contributed by atoms with E-state index in [4.69, 9.17) is 0 Å². The molecule has 3 nitrogen and oxygen atoms in total. The Balaban J connectivity index is 1.79. The number of benzene rings is 1. The Bertz CT molecular complexity index is 428. The van der Waals surface area contributed by atoms with Crippen molar-refractivity contribution in [2.45, 2.75) is 45.6 Å². The van der Waals surface area contributed by atoms with Crippen LogP contribution in [-0.4, -0.2) is 29.6 Å². The molecule has 0 unspecified atom stereocenters. The highest BCUT2D eigenvalue weighted by atomic mass is 16.2. The number of nitrogens with zero attached hydrogens (tertiary/aromatic N) is 1. The molecule has 0 radical (unpaired) electrons. The second-order valence-electron chi connectivity index (χ2n) is 6.80. The lowest BCUT2D eigenvalue weighted by Gasteiger charge is -2.34. The first-order valence-corrected chi connectivity index (χ1v) is 7.55. The maximum Gasteiger partial charge on any atom is 0.317 e. The van der Waals surface area contributed by atoms with Gasteiger partial charge in [-0.25, -0.2) is 4.79 Å². The third kappa shape index (κ3) is 4.55. The van der Waals surface area contributed by atoms with Crippen molar-refractivity contribution in [3.05, 3.63) is 35.9 Å². The van der Waals surface area contributed by atoms with Gasteiger partial charge in [-0.2, -0.15) is 0 Å². The highest BCUT2D eigenvalue weighted by Crippen LogP contribution is 2.21. The Morgan fingerprint density at radius 1 is 1.20 bits per heavy atom. The van der Waals surface area contributed by atoms with E-state index in [-0.39, 0.29) is 11.6 Å². The average Bonchev–Trinajstić information content (AvgIpc) is 2.39. The summed E-state index contributed by atoms with van der Waals surface area (Å²) in [6.07, 6.45) is 3.34. The molecule has 2 rings (SSSR count). The Labute approximate surface area is 122 Å². The minimum atomic E-state index is -0.155. The van der Waals surface area contributed by atoms with Crippen LogP contribution in [0.5, 0.6) is 0 Å². The molecule has 2 amide bonds. The molecule has 1 aliphatic heterocycles. The standard InChI is InChI=1S/C17H26N2O/c1-17(2,3)18-16(20)19-11-9-15(10-12-19)13-14-7-5-4-6-8-14/h4-8,15H,9-13H2,1-3H3,(H,18,20). The van der Waals surface area contributed by atoms with Gasteiger partial charge in [0.1, 0.15) is 0 Å². The molecule has 1 saturated heterocycles. The second kappa shape index (κ2) is 6.29. The van der Waals surface area contributed by atoms with E-state index in [9.17, 15) is 4.79 Å². The smallest absolute Gasteiger partial charge is 0.317 e. The van der Waals surface area contributed by atoms with Gasteiger partial charge >= 0.3 is 6.03 Å². The quantitative estimate of drug-likeness (QED) is 0.880. The van der Waals surface area contributed by atoms with Crippen LogP contribution in [-0.2, 0) is 6.42 Å². The van der Waals surface area contributed by atoms with E-state index < -0.39 is 0 Å². The minimum absolute atomic E-state index is 0.0793. The van der Waals surface area contributed by atoms with E-state index in [0.29, 0.717) is 5.92 Å². The molecule has 0 bridgehead atoms. The summed E-state index contributed by atoms with van der Waals surface area (Å²) in [4.78, 5) is 14.0. The van der Waals surface area contributed by atoms with Crippen LogP contribution in [0.25, 0.3) is 0 Å². The van der Waals surface area contributed by atoms with Crippen LogP contribution in [0.15, 0.2) is 30.3 Å². The zero-order chi connectivity index (χ0) is 14.6. The molecule has 0 saturated carbocycles. The van der Waals surface area contributed by atoms with E-state index in [0.717, 1.165) is 32.4 Å². The fraction of sp³-hybridized carbons (Fsp3) is 0.588. The van der Waals surface area contributed by atoms with Gasteiger partial charge in [0.05, 0.1) is 0 Å². The SMILES string of the molecule is CC(C)(C)NC(=O)N1CCC(Cc2ccccc2)CC1. The summed E-state index contributed by atoms with van der Waals surface area (Å²) in [5, 5.41) is 3.04. The first kappa shape index (κ1) is 14.9. The molecule has 0 atom stereocenters. The second-order valence-corrected chi connectivity index (χ2v) is 6.80. The lowest BCUT2D eigenvalue weighted by atomic mass is 9.90. The van der Waals surface area contributed by atoms with Gasteiger partial charge in [0.15, 0.2) is 0 Å². The molecule has 1 aliphatic rings. The molecule has 1 fully saturated rings. The summed E-state index contributed by atoms with van der Waals surface area (Å²) in [5.41, 5.74) is 1.25. The summed E-state index contributed by atoms with van der Waals surface area (Å²) in [6.45, 7) is 7.81. The number of hydrogen-bond acceptors (Lipinski definition) is 1. The zero-order valence-corrected chi connectivity index (χ0v) is 12.9. The first-order chi connectivity index (χ1) is 9.44. The highest BCUT2D eigenvalue weighted by Gasteiger charge is 2.25. The first-order valence-electron chi connectivity index (χ1n) is 7.55. The van der Waals surface area contributed by atoms with Gasteiger partial charge in [-0.3, -0.25) is 0 Å². The topological polar surface area (TPSA) is 32.3 Å². The average molecular weight is 274 g/mol. The van der Waals surface area contributed by atoms with Gasteiger partial charge in [0, 0.05) is 18.6 Å². The van der Waals surface area contributed by atoms with E-state index >= 15 is 0 Å². The van der Waals surface area contributed by atoms with Crippen LogP contribution < -0.4 is 5.32 Å². The van der Waals surface area contributed by atoms with E-state index in [1.54, 1.807) is 0 Å². The van der Waals surface area contributed by atoms with Gasteiger partial charge in [-0.15, -0.1) is 0 Å². The Morgan fingerprint density at radius 2 is 1.80 bits per heavy atom. The van der Waals surface area contributed by atoms with Crippen molar-refractivity contribution < 1.29 is 4.79 Å². The number of nitrogens with one attached hydrogen (secondary N) is 1. The predicted molar refractivity (Wildman–Crippen MR) is 82.7 cm³/mol. The molecule has 1 aromatic carbocycles. The van der Waals surface area contributed by atoms with Crippen LogP contribution in [0.2, 0.25) is 0 Å². The summed E-state index contributed by atoms with van der Waals surface area (Å²) >= 11 is 0. The minimum Gasteiger partial charge on any atom is -0.333 e. The van der Waals surface area contributed by atoms with Gasteiger partial charge < -0.3 is 10.2 Å². The number of rotatable bonds is 2. The lowest BCUT2D eigenvalue weighted by Crippen LogP contribution is -2.50. The van der Waals surface area contributed by atoms with Crippen molar-refractivity contribution in [2.75, 3.05) is 13.1 Å². The van der Waals surface area contributed by atoms with Crippen LogP contribution in [0.4, 0.5) is 4.79 Å². The number of urea groups is 1. The molecule has 1 N–H and O–H groups in total. The Hall–Kier alpha value is -1.51. The monoisotopic (exact) mass is 274 g/mol. The molecule has 3 heteroatoms. The third-order valence-corrected chi connectivity index (χ3v) is 3.75. The van der Waals surface area contributed by atoms with Crippen LogP contribution in [0.3, 0.4) is 0 Å². The van der Waals surface area contributed by atoms with Gasteiger partial charge in [-0.1, -0.05) is 30.3 Å². The van der Waals surface area contributed by atoms with Gasteiger partial charge in [-0.05, 0) is 51.5 Å². The summed E-state index contributed by atoms with van der Waals surface area (Å²) < 4.78 is 0. The predicted octanol–water partition coefficient (Wildman–Crippen LogP) is 3.45. The van der Waals surface area contributed by atoms with Crippen LogP contribution in [0, 0.1) is 5.92 Å². The fourth-order valence-electron chi connectivity index (χ4n) is 2.69. The number of likely N-dealkylation sites (tertiary alicyclic amines) is 1. The van der Waals surface area contributed by atoms with Crippen molar-refractivity contribution in [3.63, 3.8) is 0 Å². The van der Waals surface area contributed by atoms with E-state index in [2.05, 4.69) is 35.6 Å². The molecule has 0 aliphatic carbocycles. The van der Waals surface area contributed by atoms with Crippen molar-refractivity contribution in [1.29, 1.82) is 0 Å². The molecule has 110 valence electrons. The Kier molecular flexibility index (Phi) is 4.69. The molecule has 0 spiro atoms. The van der Waals surface area contributed by atoms with Crippen LogP contribution >= 0.6 is 0 Å². The van der Waals surface area contributed by atoms with Crippen molar-refractivity contribution in [3.8, 4) is 0 Å². The highest BCUT2D eigenvalue weighted by molar-refractivity contribution is 5.75. The number of carbonyl (C=O) groups excluding carboxylic acids is 1. The molecular formula is C17H26N2O. The van der Waals surface area contributed by atoms with Crippen LogP contribution in [0.1, 0.15) is 39.2 Å². The largest absolute Gasteiger partial charge is 0.333 e. The molecular weight excluding hydrogens is 248 g/mol. The summed E-state index contributed by atoms with van der Waals surface area (Å²) in [5.74, 6) is 0.705. The number of hydrogen-bond donors (Lipinski definition) is 1. The molecule has 1 aromatic rings. The summed E-state index contributed by atoms with van der Waals surface area (Å²) in [7, 11) is 0. The van der Waals surface area contributed by atoms with Crippen molar-refractivity contribution in [1.82, 2.24) is 10.2 Å². The van der Waals surface area contributed by atoms with Crippen molar-refractivity contribution in [2.24, 2.45) is 5.92 Å². The fourth-order valence-corrected chi connectivity index (χ4v) is 2.69. The van der Waals surface area contributed by atoms with Crippen molar-refractivity contribution >= 4 is 6.03 Å². The number of piperidine rings is 1. The summed E-state index contributed by atoms with van der Waals surface area (Å²) in [6, 6.07) is 10.7. The maximum atomic E-state index is 12.1. The van der Waals surface area contributed by atoms with E-state index in [1.807, 2.05) is 25.7 Å². The lowest BCUT2D eigenvalue weighted by molar-refractivity contribution is 0.163. The van der Waals surface area contributed by atoms with Gasteiger partial charge in [0.2, 0.25) is 0 Å². The number of amides is 2. The van der Waals surface area contributed by atoms with E-state index in [1.165, 1.54) is 5.56 Å².